The maximum Gasteiger partial charge on any atom is 0.410 e. The number of alkyl carbamates (subject to hydrolysis) is 1. The van der Waals surface area contributed by atoms with Crippen molar-refractivity contribution in [2.24, 2.45) is 0 Å². The number of fused-ring (bicyclic) bond motifs is 1. The Balaban J connectivity index is 1.70. The fourth-order valence-corrected chi connectivity index (χ4v) is 6.60. The molecule has 1 aliphatic heterocycles. The number of aliphatic hydroxyl groups is 1. The van der Waals surface area contributed by atoms with Gasteiger partial charge in [0.15, 0.2) is 8.32 Å². The van der Waals surface area contributed by atoms with Crippen molar-refractivity contribution >= 4 is 31.4 Å². The van der Waals surface area contributed by atoms with Gasteiger partial charge in [0.1, 0.15) is 24.1 Å². The summed E-state index contributed by atoms with van der Waals surface area (Å²) >= 11 is 0. The van der Waals surface area contributed by atoms with Crippen LogP contribution in [-0.4, -0.2) is 72.4 Å². The zero-order valence-corrected chi connectivity index (χ0v) is 27.9. The van der Waals surface area contributed by atoms with Crippen LogP contribution in [0.1, 0.15) is 58.6 Å². The molecule has 1 saturated heterocycles. The summed E-state index contributed by atoms with van der Waals surface area (Å²) in [6.45, 7) is 16.1. The number of H-pyrrole nitrogens is 1. The SMILES string of the molecule is CC(C)(C)OC(=O)N1CC(O[Si](C)(C)C(C)(C)C)C(O)C1[C@@H](CNC(=O)OCc1ccccc1)c1c[nH]c2cc(F)ccc12. The summed E-state index contributed by atoms with van der Waals surface area (Å²) in [5.41, 5.74) is 1.32. The second-order valence-corrected chi connectivity index (χ2v) is 18.8. The molecular weight excluding hydrogens is 581 g/mol. The topological polar surface area (TPSA) is 113 Å². The third-order valence-corrected chi connectivity index (χ3v) is 13.0. The van der Waals surface area contributed by atoms with Crippen molar-refractivity contribution in [1.29, 1.82) is 0 Å². The summed E-state index contributed by atoms with van der Waals surface area (Å²) in [7, 11) is -2.36. The van der Waals surface area contributed by atoms with Gasteiger partial charge in [-0.3, -0.25) is 4.90 Å². The third-order valence-electron chi connectivity index (χ3n) is 8.51. The molecule has 44 heavy (non-hydrogen) atoms. The van der Waals surface area contributed by atoms with E-state index in [1.54, 1.807) is 33.0 Å². The number of aromatic nitrogens is 1. The van der Waals surface area contributed by atoms with Crippen LogP contribution in [-0.2, 0) is 20.5 Å². The number of ether oxygens (including phenoxy) is 2. The van der Waals surface area contributed by atoms with E-state index < -0.39 is 56.1 Å². The van der Waals surface area contributed by atoms with Gasteiger partial charge in [-0.15, -0.1) is 0 Å². The van der Waals surface area contributed by atoms with E-state index in [1.807, 2.05) is 30.3 Å². The van der Waals surface area contributed by atoms with Gasteiger partial charge >= 0.3 is 12.2 Å². The summed E-state index contributed by atoms with van der Waals surface area (Å²) in [5.74, 6) is -1.03. The van der Waals surface area contributed by atoms with Crippen LogP contribution in [0.4, 0.5) is 14.0 Å². The van der Waals surface area contributed by atoms with Crippen molar-refractivity contribution in [3.8, 4) is 0 Å². The molecule has 240 valence electrons. The van der Waals surface area contributed by atoms with Gasteiger partial charge in [-0.25, -0.2) is 14.0 Å². The molecule has 3 N–H and O–H groups in total. The number of hydrogen-bond acceptors (Lipinski definition) is 6. The monoisotopic (exact) mass is 627 g/mol. The molecule has 9 nitrogen and oxygen atoms in total. The molecule has 1 fully saturated rings. The number of carbonyl (C=O) groups excluding carboxylic acids is 2. The van der Waals surface area contributed by atoms with Gasteiger partial charge in [0.2, 0.25) is 0 Å². The molecule has 3 unspecified atom stereocenters. The Kier molecular flexibility index (Phi) is 9.82. The third kappa shape index (κ3) is 7.80. The zero-order valence-electron chi connectivity index (χ0n) is 26.9. The maximum absolute atomic E-state index is 14.1. The molecule has 1 aliphatic rings. The first-order chi connectivity index (χ1) is 20.5. The van der Waals surface area contributed by atoms with Gasteiger partial charge in [0.25, 0.3) is 0 Å². The molecule has 3 aromatic rings. The molecule has 2 aromatic carbocycles. The standard InChI is InChI=1S/C33H46FN3O6Si/c1-32(2,3)42-31(40)37-19-27(43-44(7,8)33(4,5)6)29(38)28(37)25(24-17-35-26-16-22(34)14-15-23(24)26)18-36-30(39)41-20-21-12-10-9-11-13-21/h9-17,25,27-29,35,38H,18-20H2,1-8H3,(H,36,39)/t25-,27?,28?,29?/m0/s1. The van der Waals surface area contributed by atoms with Crippen LogP contribution in [0.2, 0.25) is 18.1 Å². The van der Waals surface area contributed by atoms with Crippen molar-refractivity contribution in [3.63, 3.8) is 0 Å². The number of hydrogen-bond donors (Lipinski definition) is 3. The number of carbonyl (C=O) groups is 2. The Morgan fingerprint density at radius 2 is 1.80 bits per heavy atom. The number of aliphatic hydroxyl groups excluding tert-OH is 1. The molecule has 4 atom stereocenters. The van der Waals surface area contributed by atoms with Crippen LogP contribution in [0.5, 0.6) is 0 Å². The number of rotatable bonds is 8. The molecule has 0 spiro atoms. The lowest BCUT2D eigenvalue weighted by atomic mass is 9.87. The van der Waals surface area contributed by atoms with Crippen molar-refractivity contribution in [3.05, 3.63) is 71.7 Å². The Morgan fingerprint density at radius 1 is 1.11 bits per heavy atom. The van der Waals surface area contributed by atoms with E-state index in [2.05, 4.69) is 44.2 Å². The minimum atomic E-state index is -2.36. The van der Waals surface area contributed by atoms with Crippen molar-refractivity contribution in [2.75, 3.05) is 13.1 Å². The number of benzene rings is 2. The van der Waals surface area contributed by atoms with E-state index in [1.165, 1.54) is 17.0 Å². The highest BCUT2D eigenvalue weighted by Gasteiger charge is 2.52. The maximum atomic E-state index is 14.1. The first-order valence-electron chi connectivity index (χ1n) is 15.0. The molecule has 0 radical (unpaired) electrons. The molecule has 0 aliphatic carbocycles. The second-order valence-electron chi connectivity index (χ2n) is 14.0. The van der Waals surface area contributed by atoms with E-state index in [-0.39, 0.29) is 24.7 Å². The summed E-state index contributed by atoms with van der Waals surface area (Å²) in [4.78, 5) is 31.2. The van der Waals surface area contributed by atoms with Gasteiger partial charge in [0.05, 0.1) is 18.7 Å². The minimum absolute atomic E-state index is 0.0196. The van der Waals surface area contributed by atoms with Crippen LogP contribution < -0.4 is 5.32 Å². The van der Waals surface area contributed by atoms with Crippen molar-refractivity contribution < 1.29 is 33.0 Å². The van der Waals surface area contributed by atoms with Crippen LogP contribution in [0.15, 0.2) is 54.7 Å². The highest BCUT2D eigenvalue weighted by Crippen LogP contribution is 2.42. The highest BCUT2D eigenvalue weighted by molar-refractivity contribution is 6.74. The predicted octanol–water partition coefficient (Wildman–Crippen LogP) is 6.69. The number of nitrogens with one attached hydrogen (secondary N) is 2. The van der Waals surface area contributed by atoms with E-state index >= 15 is 0 Å². The fourth-order valence-electron chi connectivity index (χ4n) is 5.27. The number of nitrogens with zero attached hydrogens (tertiary/aromatic N) is 1. The molecular formula is C33H46FN3O6Si. The average molecular weight is 628 g/mol. The summed E-state index contributed by atoms with van der Waals surface area (Å²) in [5, 5.41) is 15.3. The van der Waals surface area contributed by atoms with Crippen LogP contribution in [0, 0.1) is 5.82 Å². The Bertz CT molecular complexity index is 1450. The minimum Gasteiger partial charge on any atom is -0.445 e. The number of halogens is 1. The molecule has 11 heteroatoms. The summed E-state index contributed by atoms with van der Waals surface area (Å²) in [6.07, 6.45) is -1.29. The normalized spacial score (nSPS) is 20.0. The number of likely N-dealkylation sites (tertiary alicyclic amines) is 1. The Hall–Kier alpha value is -3.41. The van der Waals surface area contributed by atoms with E-state index in [0.717, 1.165) is 5.56 Å². The van der Waals surface area contributed by atoms with Gasteiger partial charge < -0.3 is 29.3 Å². The van der Waals surface area contributed by atoms with Crippen molar-refractivity contribution in [1.82, 2.24) is 15.2 Å². The van der Waals surface area contributed by atoms with E-state index in [4.69, 9.17) is 13.9 Å². The van der Waals surface area contributed by atoms with Gasteiger partial charge in [-0.05, 0) is 68.2 Å². The first kappa shape index (κ1) is 33.5. The second kappa shape index (κ2) is 12.9. The van der Waals surface area contributed by atoms with Crippen LogP contribution in [0.3, 0.4) is 0 Å². The largest absolute Gasteiger partial charge is 0.445 e. The fraction of sp³-hybridized carbons (Fsp3) is 0.515. The van der Waals surface area contributed by atoms with E-state index in [0.29, 0.717) is 16.5 Å². The summed E-state index contributed by atoms with van der Waals surface area (Å²) < 4.78 is 32.0. The van der Waals surface area contributed by atoms with Gasteiger partial charge in [-0.2, -0.15) is 0 Å². The smallest absolute Gasteiger partial charge is 0.410 e. The Morgan fingerprint density at radius 3 is 2.43 bits per heavy atom. The lowest BCUT2D eigenvalue weighted by Crippen LogP contribution is -2.49. The molecule has 2 amide bonds. The number of amides is 2. The van der Waals surface area contributed by atoms with Gasteiger partial charge in [-0.1, -0.05) is 51.1 Å². The lowest BCUT2D eigenvalue weighted by Gasteiger charge is -2.39. The Labute approximate surface area is 260 Å². The van der Waals surface area contributed by atoms with Crippen LogP contribution >= 0.6 is 0 Å². The van der Waals surface area contributed by atoms with Gasteiger partial charge in [0, 0.05) is 29.6 Å². The molecule has 0 bridgehead atoms. The molecule has 0 saturated carbocycles. The van der Waals surface area contributed by atoms with Crippen LogP contribution in [0.25, 0.3) is 10.9 Å². The molecule has 1 aromatic heterocycles. The predicted molar refractivity (Wildman–Crippen MR) is 170 cm³/mol. The molecule has 2 heterocycles. The highest BCUT2D eigenvalue weighted by atomic mass is 28.4. The quantitative estimate of drug-likeness (QED) is 0.240. The average Bonchev–Trinajstić information content (AvgIpc) is 3.47. The zero-order chi connectivity index (χ0) is 32.4. The van der Waals surface area contributed by atoms with Crippen molar-refractivity contribution in [2.45, 2.75) is 96.1 Å². The summed E-state index contributed by atoms with van der Waals surface area (Å²) in [6, 6.07) is 12.9. The molecule has 4 rings (SSSR count). The first-order valence-corrected chi connectivity index (χ1v) is 17.9. The lowest BCUT2D eigenvalue weighted by molar-refractivity contribution is 0.00929. The number of aromatic amines is 1. The van der Waals surface area contributed by atoms with E-state index in [9.17, 15) is 19.1 Å².